The number of thiocarbonyl (C=S) groups is 1. The molecule has 1 amide bonds. The van der Waals surface area contributed by atoms with E-state index in [1.54, 1.807) is 4.90 Å². The first-order valence-electron chi connectivity index (χ1n) is 6.77. The van der Waals surface area contributed by atoms with Crippen LogP contribution >= 0.6 is 12.2 Å². The van der Waals surface area contributed by atoms with E-state index in [-0.39, 0.29) is 11.6 Å². The number of non-ortho nitro benzene ring substituents is 1. The van der Waals surface area contributed by atoms with E-state index in [1.165, 1.54) is 24.3 Å². The van der Waals surface area contributed by atoms with E-state index in [0.717, 1.165) is 12.8 Å². The second-order valence-corrected chi connectivity index (χ2v) is 5.19. The highest BCUT2D eigenvalue weighted by Crippen LogP contribution is 2.14. The number of nitrogens with two attached hydrogens (primary N) is 1. The number of nitrogens with zero attached hydrogens (tertiary/aromatic N) is 2. The summed E-state index contributed by atoms with van der Waals surface area (Å²) in [6, 6.07) is 5.61. The first-order chi connectivity index (χ1) is 9.95. The SMILES string of the molecule is CCCCN(CCC(N)=S)C(=O)c1ccc([N+](=O)[O-])cc1. The maximum absolute atomic E-state index is 12.4. The average Bonchev–Trinajstić information content (AvgIpc) is 2.46. The Morgan fingerprint density at radius 2 is 1.95 bits per heavy atom. The van der Waals surface area contributed by atoms with Crippen LogP contribution in [0.3, 0.4) is 0 Å². The normalized spacial score (nSPS) is 10.1. The van der Waals surface area contributed by atoms with Gasteiger partial charge in [0.1, 0.15) is 0 Å². The number of carbonyl (C=O) groups excluding carboxylic acids is 1. The Morgan fingerprint density at radius 1 is 1.33 bits per heavy atom. The number of hydrogen-bond acceptors (Lipinski definition) is 4. The minimum absolute atomic E-state index is 0.0326. The van der Waals surface area contributed by atoms with Gasteiger partial charge in [-0.05, 0) is 18.6 Å². The number of carbonyl (C=O) groups is 1. The molecule has 0 unspecified atom stereocenters. The van der Waals surface area contributed by atoms with Crippen LogP contribution in [-0.4, -0.2) is 33.8 Å². The van der Waals surface area contributed by atoms with Crippen molar-refractivity contribution in [2.75, 3.05) is 13.1 Å². The van der Waals surface area contributed by atoms with Crippen molar-refractivity contribution < 1.29 is 9.72 Å². The van der Waals surface area contributed by atoms with Gasteiger partial charge in [0.05, 0.1) is 9.91 Å². The van der Waals surface area contributed by atoms with Crippen LogP contribution in [-0.2, 0) is 0 Å². The largest absolute Gasteiger partial charge is 0.393 e. The fourth-order valence-corrected chi connectivity index (χ4v) is 1.91. The summed E-state index contributed by atoms with van der Waals surface area (Å²) in [6.45, 7) is 3.13. The van der Waals surface area contributed by atoms with Gasteiger partial charge in [-0.1, -0.05) is 25.6 Å². The quantitative estimate of drug-likeness (QED) is 0.453. The molecule has 1 aromatic carbocycles. The Balaban J connectivity index is 2.82. The van der Waals surface area contributed by atoms with Gasteiger partial charge in [0, 0.05) is 37.2 Å². The average molecular weight is 309 g/mol. The first kappa shape index (κ1) is 17.0. The van der Waals surface area contributed by atoms with Gasteiger partial charge in [0.15, 0.2) is 0 Å². The highest BCUT2D eigenvalue weighted by atomic mass is 32.1. The summed E-state index contributed by atoms with van der Waals surface area (Å²) in [5.41, 5.74) is 5.88. The maximum Gasteiger partial charge on any atom is 0.269 e. The number of hydrogen-bond donors (Lipinski definition) is 1. The lowest BCUT2D eigenvalue weighted by molar-refractivity contribution is -0.384. The number of nitro groups is 1. The third-order valence-electron chi connectivity index (χ3n) is 3.02. The molecule has 21 heavy (non-hydrogen) atoms. The lowest BCUT2D eigenvalue weighted by Crippen LogP contribution is -2.34. The van der Waals surface area contributed by atoms with Gasteiger partial charge < -0.3 is 10.6 Å². The molecule has 2 N–H and O–H groups in total. The Bertz CT molecular complexity index is 517. The van der Waals surface area contributed by atoms with Crippen molar-refractivity contribution in [3.05, 3.63) is 39.9 Å². The third kappa shape index (κ3) is 5.47. The Labute approximate surface area is 129 Å². The molecule has 0 aromatic heterocycles. The number of rotatable bonds is 8. The fraction of sp³-hybridized carbons (Fsp3) is 0.429. The molecule has 1 aromatic rings. The number of unbranched alkanes of at least 4 members (excludes halogenated alkanes) is 1. The molecular formula is C14H19N3O3S. The second kappa shape index (κ2) is 8.31. The fourth-order valence-electron chi connectivity index (χ4n) is 1.82. The van der Waals surface area contributed by atoms with Crippen LogP contribution < -0.4 is 5.73 Å². The van der Waals surface area contributed by atoms with Gasteiger partial charge in [-0.15, -0.1) is 0 Å². The van der Waals surface area contributed by atoms with Crippen LogP contribution in [0.1, 0.15) is 36.5 Å². The predicted molar refractivity (Wildman–Crippen MR) is 85.3 cm³/mol. The minimum Gasteiger partial charge on any atom is -0.393 e. The molecule has 0 bridgehead atoms. The van der Waals surface area contributed by atoms with Gasteiger partial charge in [-0.2, -0.15) is 0 Å². The Hall–Kier alpha value is -2.02. The van der Waals surface area contributed by atoms with Crippen molar-refractivity contribution in [3.8, 4) is 0 Å². The predicted octanol–water partition coefficient (Wildman–Crippen LogP) is 2.51. The smallest absolute Gasteiger partial charge is 0.269 e. The van der Waals surface area contributed by atoms with Crippen LogP contribution in [0, 0.1) is 10.1 Å². The van der Waals surface area contributed by atoms with Crippen LogP contribution in [0.5, 0.6) is 0 Å². The van der Waals surface area contributed by atoms with Gasteiger partial charge >= 0.3 is 0 Å². The molecular weight excluding hydrogens is 290 g/mol. The van der Waals surface area contributed by atoms with Crippen molar-refractivity contribution in [1.29, 1.82) is 0 Å². The number of nitro benzene ring substituents is 1. The number of benzene rings is 1. The van der Waals surface area contributed by atoms with E-state index < -0.39 is 4.92 Å². The van der Waals surface area contributed by atoms with Crippen molar-refractivity contribution in [2.45, 2.75) is 26.2 Å². The maximum atomic E-state index is 12.4. The minimum atomic E-state index is -0.490. The molecule has 7 heteroatoms. The lowest BCUT2D eigenvalue weighted by atomic mass is 10.1. The van der Waals surface area contributed by atoms with E-state index >= 15 is 0 Å². The monoisotopic (exact) mass is 309 g/mol. The van der Waals surface area contributed by atoms with Crippen molar-refractivity contribution in [3.63, 3.8) is 0 Å². The zero-order valence-electron chi connectivity index (χ0n) is 11.9. The summed E-state index contributed by atoms with van der Waals surface area (Å²) < 4.78 is 0. The highest BCUT2D eigenvalue weighted by molar-refractivity contribution is 7.80. The van der Waals surface area contributed by atoms with E-state index in [1.807, 2.05) is 6.92 Å². The molecule has 1 rings (SSSR count). The molecule has 0 heterocycles. The summed E-state index contributed by atoms with van der Waals surface area (Å²) in [7, 11) is 0. The summed E-state index contributed by atoms with van der Waals surface area (Å²) in [4.78, 5) is 24.6. The standard InChI is InChI=1S/C14H19N3O3S/c1-2-3-9-16(10-8-13(15)21)14(18)11-4-6-12(7-5-11)17(19)20/h4-7H,2-3,8-10H2,1H3,(H2,15,21). The van der Waals surface area contributed by atoms with Crippen molar-refractivity contribution in [2.24, 2.45) is 5.73 Å². The van der Waals surface area contributed by atoms with Crippen LogP contribution in [0.2, 0.25) is 0 Å². The summed E-state index contributed by atoms with van der Waals surface area (Å²) in [5, 5.41) is 10.6. The summed E-state index contributed by atoms with van der Waals surface area (Å²) in [6.07, 6.45) is 2.32. The first-order valence-corrected chi connectivity index (χ1v) is 7.18. The van der Waals surface area contributed by atoms with Gasteiger partial charge in [0.25, 0.3) is 11.6 Å². The third-order valence-corrected chi connectivity index (χ3v) is 3.23. The molecule has 6 nitrogen and oxygen atoms in total. The molecule has 0 atom stereocenters. The molecule has 0 fully saturated rings. The molecule has 0 radical (unpaired) electrons. The molecule has 0 aliphatic heterocycles. The van der Waals surface area contributed by atoms with Gasteiger partial charge in [0.2, 0.25) is 0 Å². The molecule has 0 saturated heterocycles. The number of amides is 1. The van der Waals surface area contributed by atoms with Gasteiger partial charge in [-0.25, -0.2) is 0 Å². The lowest BCUT2D eigenvalue weighted by Gasteiger charge is -2.22. The zero-order valence-corrected chi connectivity index (χ0v) is 12.8. The van der Waals surface area contributed by atoms with E-state index in [2.05, 4.69) is 0 Å². The summed E-state index contributed by atoms with van der Waals surface area (Å²) >= 11 is 4.84. The topological polar surface area (TPSA) is 89.5 Å². The van der Waals surface area contributed by atoms with Crippen LogP contribution in [0.25, 0.3) is 0 Å². The Morgan fingerprint density at radius 3 is 2.43 bits per heavy atom. The highest BCUT2D eigenvalue weighted by Gasteiger charge is 2.16. The van der Waals surface area contributed by atoms with Crippen LogP contribution in [0.15, 0.2) is 24.3 Å². The van der Waals surface area contributed by atoms with E-state index in [0.29, 0.717) is 30.1 Å². The van der Waals surface area contributed by atoms with Gasteiger partial charge in [-0.3, -0.25) is 14.9 Å². The molecule has 0 spiro atoms. The van der Waals surface area contributed by atoms with Crippen molar-refractivity contribution in [1.82, 2.24) is 4.90 Å². The molecule has 114 valence electrons. The molecule has 0 saturated carbocycles. The van der Waals surface area contributed by atoms with E-state index in [4.69, 9.17) is 18.0 Å². The van der Waals surface area contributed by atoms with Crippen molar-refractivity contribution >= 4 is 28.8 Å². The zero-order chi connectivity index (χ0) is 15.8. The second-order valence-electron chi connectivity index (χ2n) is 4.67. The molecule has 0 aliphatic rings. The molecule has 0 aliphatic carbocycles. The summed E-state index contributed by atoms with van der Waals surface area (Å²) in [5.74, 6) is -0.158. The van der Waals surface area contributed by atoms with Crippen LogP contribution in [0.4, 0.5) is 5.69 Å². The van der Waals surface area contributed by atoms with E-state index in [9.17, 15) is 14.9 Å². The Kier molecular flexibility index (Phi) is 6.74.